The third-order valence-corrected chi connectivity index (χ3v) is 4.71. The molecule has 3 rings (SSSR count). The summed E-state index contributed by atoms with van der Waals surface area (Å²) >= 11 is 0. The molecule has 1 aromatic carbocycles. The van der Waals surface area contributed by atoms with Crippen LogP contribution in [0.3, 0.4) is 0 Å². The van der Waals surface area contributed by atoms with E-state index in [9.17, 15) is 0 Å². The van der Waals surface area contributed by atoms with E-state index >= 15 is 0 Å². The number of fused-ring (bicyclic) bond motifs is 1. The van der Waals surface area contributed by atoms with Crippen molar-refractivity contribution in [1.29, 1.82) is 0 Å². The molecule has 25 heavy (non-hydrogen) atoms. The van der Waals surface area contributed by atoms with Gasteiger partial charge in [0.25, 0.3) is 0 Å². The van der Waals surface area contributed by atoms with Crippen LogP contribution in [0.15, 0.2) is 23.8 Å². The maximum Gasteiger partial charge on any atom is 0.120 e. The van der Waals surface area contributed by atoms with Crippen molar-refractivity contribution < 1.29 is 9.47 Å². The number of halogens is 2. The fourth-order valence-electron chi connectivity index (χ4n) is 3.30. The zero-order valence-electron chi connectivity index (χ0n) is 15.3. The van der Waals surface area contributed by atoms with Gasteiger partial charge in [0.05, 0.1) is 25.4 Å². The molecule has 1 saturated heterocycles. The van der Waals surface area contributed by atoms with Gasteiger partial charge >= 0.3 is 0 Å². The first-order valence-corrected chi connectivity index (χ1v) is 8.64. The summed E-state index contributed by atoms with van der Waals surface area (Å²) in [5, 5.41) is 3.68. The molecule has 2 aliphatic rings. The van der Waals surface area contributed by atoms with Crippen molar-refractivity contribution in [2.75, 3.05) is 44.8 Å². The van der Waals surface area contributed by atoms with E-state index in [0.29, 0.717) is 6.61 Å². The number of morpholine rings is 1. The summed E-state index contributed by atoms with van der Waals surface area (Å²) in [6.45, 7) is 12.2. The second-order valence-electron chi connectivity index (χ2n) is 6.81. The van der Waals surface area contributed by atoms with E-state index in [1.807, 2.05) is 13.0 Å². The highest BCUT2D eigenvalue weighted by molar-refractivity contribution is 5.85. The third-order valence-electron chi connectivity index (χ3n) is 4.71. The van der Waals surface area contributed by atoms with Gasteiger partial charge in [-0.2, -0.15) is 0 Å². The van der Waals surface area contributed by atoms with Crippen molar-refractivity contribution in [2.45, 2.75) is 32.7 Å². The van der Waals surface area contributed by atoms with Gasteiger partial charge < -0.3 is 14.8 Å². The quantitative estimate of drug-likeness (QED) is 0.817. The van der Waals surface area contributed by atoms with Gasteiger partial charge in [-0.3, -0.25) is 4.90 Å². The molecular formula is C19H30Cl2N2O2. The van der Waals surface area contributed by atoms with Crippen molar-refractivity contribution in [3.63, 3.8) is 0 Å². The van der Waals surface area contributed by atoms with Gasteiger partial charge in [-0.1, -0.05) is 6.08 Å². The molecule has 2 heterocycles. The van der Waals surface area contributed by atoms with Crippen LogP contribution in [0.25, 0.3) is 6.08 Å². The summed E-state index contributed by atoms with van der Waals surface area (Å²) in [5.41, 5.74) is 3.86. The molecule has 6 heteroatoms. The molecule has 0 bridgehead atoms. The molecule has 0 spiro atoms. The number of ether oxygens (including phenoxy) is 2. The van der Waals surface area contributed by atoms with E-state index in [2.05, 4.69) is 42.3 Å². The lowest BCUT2D eigenvalue weighted by Gasteiger charge is -2.37. The van der Waals surface area contributed by atoms with Crippen LogP contribution >= 0.6 is 24.8 Å². The number of anilines is 1. The van der Waals surface area contributed by atoms with E-state index in [4.69, 9.17) is 9.47 Å². The molecule has 0 aromatic heterocycles. The van der Waals surface area contributed by atoms with Crippen LogP contribution in [0, 0.1) is 0 Å². The van der Waals surface area contributed by atoms with Crippen LogP contribution < -0.4 is 10.1 Å². The minimum atomic E-state index is -0.00752. The number of nitrogens with one attached hydrogen (secondary N) is 1. The van der Waals surface area contributed by atoms with Crippen LogP contribution in [0.4, 0.5) is 5.69 Å². The fourth-order valence-corrected chi connectivity index (χ4v) is 3.30. The molecule has 142 valence electrons. The molecule has 0 aliphatic carbocycles. The molecule has 0 unspecified atom stereocenters. The Bertz CT molecular complexity index is 585. The maximum atomic E-state index is 5.64. The van der Waals surface area contributed by atoms with Crippen molar-refractivity contribution in [3.05, 3.63) is 29.3 Å². The lowest BCUT2D eigenvalue weighted by Crippen LogP contribution is -2.40. The largest absolute Gasteiger partial charge is 0.494 e. The molecule has 0 atom stereocenters. The first-order chi connectivity index (χ1) is 11.1. The molecule has 0 saturated carbocycles. The first kappa shape index (κ1) is 22.1. The molecular weight excluding hydrogens is 359 g/mol. The van der Waals surface area contributed by atoms with Gasteiger partial charge in [-0.15, -0.1) is 24.8 Å². The Morgan fingerprint density at radius 3 is 2.60 bits per heavy atom. The number of nitrogens with zero attached hydrogens (tertiary/aromatic N) is 1. The summed E-state index contributed by atoms with van der Waals surface area (Å²) in [6, 6.07) is 6.30. The van der Waals surface area contributed by atoms with Gasteiger partial charge in [0, 0.05) is 30.9 Å². The van der Waals surface area contributed by atoms with Crippen LogP contribution in [-0.2, 0) is 4.74 Å². The SMILES string of the molecule is CCOc1ccc2c(c1)C=C(CCN1CCOCC1)C(C)(C)N2.Cl.Cl. The highest BCUT2D eigenvalue weighted by Gasteiger charge is 2.28. The van der Waals surface area contributed by atoms with E-state index in [1.54, 1.807) is 0 Å². The summed E-state index contributed by atoms with van der Waals surface area (Å²) in [5.74, 6) is 0.941. The summed E-state index contributed by atoms with van der Waals surface area (Å²) in [4.78, 5) is 2.49. The van der Waals surface area contributed by atoms with E-state index < -0.39 is 0 Å². The van der Waals surface area contributed by atoms with Crippen LogP contribution in [0.1, 0.15) is 32.8 Å². The second-order valence-corrected chi connectivity index (χ2v) is 6.81. The maximum absolute atomic E-state index is 5.64. The minimum Gasteiger partial charge on any atom is -0.494 e. The molecule has 1 fully saturated rings. The first-order valence-electron chi connectivity index (χ1n) is 8.64. The lowest BCUT2D eigenvalue weighted by molar-refractivity contribution is 0.0382. The average Bonchev–Trinajstić information content (AvgIpc) is 2.54. The number of benzene rings is 1. The topological polar surface area (TPSA) is 33.7 Å². The fraction of sp³-hybridized carbons (Fsp3) is 0.579. The lowest BCUT2D eigenvalue weighted by atomic mass is 9.85. The molecule has 2 aliphatic heterocycles. The van der Waals surface area contributed by atoms with E-state index in [-0.39, 0.29) is 30.4 Å². The minimum absolute atomic E-state index is 0. The highest BCUT2D eigenvalue weighted by atomic mass is 35.5. The Morgan fingerprint density at radius 1 is 1.20 bits per heavy atom. The molecule has 4 nitrogen and oxygen atoms in total. The van der Waals surface area contributed by atoms with Gasteiger partial charge in [-0.05, 0) is 51.0 Å². The monoisotopic (exact) mass is 388 g/mol. The van der Waals surface area contributed by atoms with Crippen LogP contribution in [0.5, 0.6) is 5.75 Å². The summed E-state index contributed by atoms with van der Waals surface area (Å²) in [6.07, 6.45) is 3.42. The van der Waals surface area contributed by atoms with E-state index in [1.165, 1.54) is 16.8 Å². The highest BCUT2D eigenvalue weighted by Crippen LogP contribution is 2.36. The third kappa shape index (κ3) is 5.52. The Labute approximate surface area is 163 Å². The Hall–Kier alpha value is -0.940. The van der Waals surface area contributed by atoms with Crippen molar-refractivity contribution in [3.8, 4) is 5.75 Å². The Balaban J connectivity index is 0.00000156. The molecule has 1 aromatic rings. The Morgan fingerprint density at radius 2 is 1.92 bits per heavy atom. The van der Waals surface area contributed by atoms with Gasteiger partial charge in [0.1, 0.15) is 5.75 Å². The number of hydrogen-bond donors (Lipinski definition) is 1. The van der Waals surface area contributed by atoms with Crippen molar-refractivity contribution in [2.24, 2.45) is 0 Å². The predicted molar refractivity (Wildman–Crippen MR) is 110 cm³/mol. The second kappa shape index (κ2) is 9.67. The molecule has 0 radical (unpaired) electrons. The zero-order valence-corrected chi connectivity index (χ0v) is 17.0. The average molecular weight is 389 g/mol. The molecule has 0 amide bonds. The number of rotatable bonds is 5. The summed E-state index contributed by atoms with van der Waals surface area (Å²) in [7, 11) is 0. The molecule has 1 N–H and O–H groups in total. The predicted octanol–water partition coefficient (Wildman–Crippen LogP) is 4.24. The van der Waals surface area contributed by atoms with Crippen LogP contribution in [-0.4, -0.2) is 49.9 Å². The van der Waals surface area contributed by atoms with Gasteiger partial charge in [0.15, 0.2) is 0 Å². The number of hydrogen-bond acceptors (Lipinski definition) is 4. The standard InChI is InChI=1S/C19H28N2O2.2ClH/c1-4-23-17-5-6-18-15(14-17)13-16(19(2,3)20-18)7-8-21-9-11-22-12-10-21;;/h5-6,13-14,20H,4,7-12H2,1-3H3;2*1H. The van der Waals surface area contributed by atoms with Crippen molar-refractivity contribution >= 4 is 36.6 Å². The van der Waals surface area contributed by atoms with Crippen molar-refractivity contribution in [1.82, 2.24) is 4.90 Å². The van der Waals surface area contributed by atoms with E-state index in [0.717, 1.165) is 45.0 Å². The van der Waals surface area contributed by atoms with Crippen LogP contribution in [0.2, 0.25) is 0 Å². The summed E-state index contributed by atoms with van der Waals surface area (Å²) < 4.78 is 11.1. The zero-order chi connectivity index (χ0) is 16.3. The van der Waals surface area contributed by atoms with Gasteiger partial charge in [0.2, 0.25) is 0 Å². The van der Waals surface area contributed by atoms with Gasteiger partial charge in [-0.25, -0.2) is 0 Å². The smallest absolute Gasteiger partial charge is 0.120 e. The Kier molecular flexibility index (Phi) is 8.55. The normalized spacial score (nSPS) is 18.8.